The molecule has 2 aromatic rings. The third-order valence-electron chi connectivity index (χ3n) is 4.32. The van der Waals surface area contributed by atoms with Crippen molar-refractivity contribution in [3.05, 3.63) is 59.0 Å². The Balaban J connectivity index is 1.50. The van der Waals surface area contributed by atoms with Gasteiger partial charge in [-0.05, 0) is 31.1 Å². The molecule has 1 aliphatic rings. The highest BCUT2D eigenvalue weighted by Gasteiger charge is 2.23. The molecular formula is C20H23ClN4O2. The molecule has 1 N–H and O–H groups in total. The van der Waals surface area contributed by atoms with Crippen LogP contribution >= 0.6 is 11.6 Å². The Morgan fingerprint density at radius 1 is 1.37 bits per heavy atom. The average Bonchev–Trinajstić information content (AvgIpc) is 3.10. The van der Waals surface area contributed by atoms with Gasteiger partial charge in [0.25, 0.3) is 0 Å². The van der Waals surface area contributed by atoms with Crippen LogP contribution in [0.15, 0.2) is 42.7 Å². The maximum Gasteiger partial charge on any atom is 0.330 e. The minimum atomic E-state index is -0.383. The molecule has 0 saturated carbocycles. The van der Waals surface area contributed by atoms with E-state index in [1.54, 1.807) is 25.4 Å². The fourth-order valence-electron chi connectivity index (χ4n) is 3.01. The number of halogens is 1. The van der Waals surface area contributed by atoms with Crippen LogP contribution in [0.2, 0.25) is 5.02 Å². The number of likely N-dealkylation sites (tertiary alicyclic amines) is 1. The van der Waals surface area contributed by atoms with E-state index in [1.807, 2.05) is 18.2 Å². The molecule has 1 aliphatic heterocycles. The van der Waals surface area contributed by atoms with Crippen molar-refractivity contribution in [2.24, 2.45) is 0 Å². The van der Waals surface area contributed by atoms with Crippen molar-refractivity contribution in [1.82, 2.24) is 14.9 Å². The summed E-state index contributed by atoms with van der Waals surface area (Å²) in [5.74, 6) is 0.346. The third-order valence-corrected chi connectivity index (χ3v) is 4.69. The number of carbonyl (C=O) groups is 1. The number of anilines is 1. The second kappa shape index (κ2) is 9.48. The van der Waals surface area contributed by atoms with E-state index in [9.17, 15) is 4.79 Å². The van der Waals surface area contributed by atoms with Crippen molar-refractivity contribution in [2.45, 2.75) is 25.9 Å². The van der Waals surface area contributed by atoms with E-state index < -0.39 is 0 Å². The Morgan fingerprint density at radius 3 is 2.96 bits per heavy atom. The minimum absolute atomic E-state index is 0.322. The molecule has 0 unspecified atom stereocenters. The molecule has 2 heterocycles. The first-order valence-electron chi connectivity index (χ1n) is 9.03. The van der Waals surface area contributed by atoms with Crippen LogP contribution < -0.4 is 5.32 Å². The SMILES string of the molecule is CCOC(=O)C=Cc1cnc(N[C@@H]2CCN(Cc3ccccc3Cl)C2)cn1. The number of aromatic nitrogens is 2. The van der Waals surface area contributed by atoms with Gasteiger partial charge in [-0.15, -0.1) is 0 Å². The summed E-state index contributed by atoms with van der Waals surface area (Å²) in [4.78, 5) is 22.4. The summed E-state index contributed by atoms with van der Waals surface area (Å²) in [6.45, 7) is 4.91. The molecule has 0 radical (unpaired) electrons. The number of rotatable bonds is 7. The molecule has 0 bridgehead atoms. The highest BCUT2D eigenvalue weighted by Crippen LogP contribution is 2.21. The number of ether oxygens (including phenoxy) is 1. The monoisotopic (exact) mass is 386 g/mol. The first-order chi connectivity index (χ1) is 13.1. The van der Waals surface area contributed by atoms with Gasteiger partial charge in [-0.3, -0.25) is 9.88 Å². The molecular weight excluding hydrogens is 364 g/mol. The number of esters is 1. The maximum absolute atomic E-state index is 11.3. The predicted molar refractivity (Wildman–Crippen MR) is 106 cm³/mol. The molecule has 1 saturated heterocycles. The molecule has 1 fully saturated rings. The highest BCUT2D eigenvalue weighted by atomic mass is 35.5. The Bertz CT molecular complexity index is 795. The Morgan fingerprint density at radius 2 is 2.22 bits per heavy atom. The normalized spacial score (nSPS) is 17.3. The van der Waals surface area contributed by atoms with Crippen molar-refractivity contribution < 1.29 is 9.53 Å². The number of carbonyl (C=O) groups excluding carboxylic acids is 1. The average molecular weight is 387 g/mol. The zero-order valence-electron chi connectivity index (χ0n) is 15.3. The van der Waals surface area contributed by atoms with E-state index in [0.717, 1.165) is 42.5 Å². The largest absolute Gasteiger partial charge is 0.463 e. The zero-order chi connectivity index (χ0) is 19.1. The van der Waals surface area contributed by atoms with Crippen LogP contribution in [0.25, 0.3) is 6.08 Å². The molecule has 1 aromatic carbocycles. The fraction of sp³-hybridized carbons (Fsp3) is 0.350. The van der Waals surface area contributed by atoms with Crippen LogP contribution in [0.5, 0.6) is 0 Å². The smallest absolute Gasteiger partial charge is 0.330 e. The summed E-state index contributed by atoms with van der Waals surface area (Å²) >= 11 is 6.25. The Labute approximate surface area is 164 Å². The van der Waals surface area contributed by atoms with E-state index in [-0.39, 0.29) is 5.97 Å². The highest BCUT2D eigenvalue weighted by molar-refractivity contribution is 6.31. The Kier molecular flexibility index (Phi) is 6.79. The van der Waals surface area contributed by atoms with Crippen molar-refractivity contribution in [2.75, 3.05) is 25.0 Å². The fourth-order valence-corrected chi connectivity index (χ4v) is 3.21. The minimum Gasteiger partial charge on any atom is -0.463 e. The van der Waals surface area contributed by atoms with Gasteiger partial charge < -0.3 is 10.1 Å². The summed E-state index contributed by atoms with van der Waals surface area (Å²) in [7, 11) is 0. The van der Waals surface area contributed by atoms with Gasteiger partial charge in [0.1, 0.15) is 5.82 Å². The van der Waals surface area contributed by atoms with Gasteiger partial charge in [-0.1, -0.05) is 29.8 Å². The molecule has 0 spiro atoms. The standard InChI is InChI=1S/C20H23ClN4O2/c1-2-27-20(26)8-7-16-11-23-19(12-22-16)24-17-9-10-25(14-17)13-15-5-3-4-6-18(15)21/h3-8,11-12,17H,2,9-10,13-14H2,1H3,(H,23,24)/t17-/m1/s1. The van der Waals surface area contributed by atoms with Crippen LogP contribution in [0.1, 0.15) is 24.6 Å². The number of nitrogens with one attached hydrogen (secondary N) is 1. The topological polar surface area (TPSA) is 67.3 Å². The van der Waals surface area contributed by atoms with Crippen molar-refractivity contribution in [3.8, 4) is 0 Å². The number of benzene rings is 1. The van der Waals surface area contributed by atoms with E-state index in [0.29, 0.717) is 18.3 Å². The van der Waals surface area contributed by atoms with E-state index in [2.05, 4.69) is 26.3 Å². The van der Waals surface area contributed by atoms with Crippen LogP contribution in [0.3, 0.4) is 0 Å². The first kappa shape index (κ1) is 19.3. The molecule has 1 aromatic heterocycles. The van der Waals surface area contributed by atoms with Crippen LogP contribution in [0.4, 0.5) is 5.82 Å². The second-order valence-corrected chi connectivity index (χ2v) is 6.78. The molecule has 27 heavy (non-hydrogen) atoms. The van der Waals surface area contributed by atoms with Gasteiger partial charge in [0, 0.05) is 36.8 Å². The summed E-state index contributed by atoms with van der Waals surface area (Å²) in [5.41, 5.74) is 1.76. The van der Waals surface area contributed by atoms with Crippen LogP contribution in [0, 0.1) is 0 Å². The molecule has 7 heteroatoms. The maximum atomic E-state index is 11.3. The molecule has 0 amide bonds. The number of hydrogen-bond donors (Lipinski definition) is 1. The predicted octanol–water partition coefficient (Wildman–Crippen LogP) is 3.39. The number of hydrogen-bond acceptors (Lipinski definition) is 6. The molecule has 0 aliphatic carbocycles. The Hall–Kier alpha value is -2.44. The van der Waals surface area contributed by atoms with Gasteiger partial charge in [0.05, 0.1) is 24.7 Å². The van der Waals surface area contributed by atoms with Crippen molar-refractivity contribution >= 4 is 29.5 Å². The first-order valence-corrected chi connectivity index (χ1v) is 9.41. The zero-order valence-corrected chi connectivity index (χ0v) is 16.0. The van der Waals surface area contributed by atoms with Gasteiger partial charge >= 0.3 is 5.97 Å². The van der Waals surface area contributed by atoms with Gasteiger partial charge in [-0.2, -0.15) is 0 Å². The van der Waals surface area contributed by atoms with Crippen LogP contribution in [-0.4, -0.2) is 46.6 Å². The molecule has 1 atom stereocenters. The van der Waals surface area contributed by atoms with Crippen LogP contribution in [-0.2, 0) is 16.1 Å². The lowest BCUT2D eigenvalue weighted by Gasteiger charge is -2.17. The summed E-state index contributed by atoms with van der Waals surface area (Å²) in [5, 5.41) is 4.23. The molecule has 6 nitrogen and oxygen atoms in total. The number of nitrogens with zero attached hydrogens (tertiary/aromatic N) is 3. The molecule has 142 valence electrons. The molecule has 3 rings (SSSR count). The lowest BCUT2D eigenvalue weighted by atomic mass is 10.2. The quantitative estimate of drug-likeness (QED) is 0.581. The van der Waals surface area contributed by atoms with Gasteiger partial charge in [-0.25, -0.2) is 9.78 Å². The summed E-state index contributed by atoms with van der Waals surface area (Å²) in [6.07, 6.45) is 7.30. The van der Waals surface area contributed by atoms with Crippen molar-refractivity contribution in [1.29, 1.82) is 0 Å². The lowest BCUT2D eigenvalue weighted by molar-refractivity contribution is -0.137. The third kappa shape index (κ3) is 5.77. The van der Waals surface area contributed by atoms with Crippen molar-refractivity contribution in [3.63, 3.8) is 0 Å². The van der Waals surface area contributed by atoms with E-state index in [1.165, 1.54) is 6.08 Å². The second-order valence-electron chi connectivity index (χ2n) is 6.37. The van der Waals surface area contributed by atoms with Gasteiger partial charge in [0.15, 0.2) is 0 Å². The van der Waals surface area contributed by atoms with E-state index in [4.69, 9.17) is 16.3 Å². The summed E-state index contributed by atoms with van der Waals surface area (Å²) in [6, 6.07) is 8.28. The lowest BCUT2D eigenvalue weighted by Crippen LogP contribution is -2.26. The van der Waals surface area contributed by atoms with E-state index >= 15 is 0 Å². The van der Waals surface area contributed by atoms with Gasteiger partial charge in [0.2, 0.25) is 0 Å². The summed E-state index contributed by atoms with van der Waals surface area (Å²) < 4.78 is 4.84.